The summed E-state index contributed by atoms with van der Waals surface area (Å²) in [7, 11) is 0. The summed E-state index contributed by atoms with van der Waals surface area (Å²) in [6.07, 6.45) is 4.93. The molecule has 27 heavy (non-hydrogen) atoms. The highest BCUT2D eigenvalue weighted by atomic mass is 19.1. The van der Waals surface area contributed by atoms with Crippen LogP contribution in [-0.2, 0) is 14.3 Å². The number of alkyl halides is 2. The highest BCUT2D eigenvalue weighted by molar-refractivity contribution is 5.94. The SMILES string of the molecule is O=C(OC(=O)C1(CF)C=CC([N+](=O)[O-])=CC1)C1(CF)C=CC([N+](=O)[O-])=CC1. The molecule has 2 unspecified atom stereocenters. The van der Waals surface area contributed by atoms with Crippen LogP contribution in [0.2, 0.25) is 0 Å². The largest absolute Gasteiger partial charge is 0.392 e. The third kappa shape index (κ3) is 3.81. The van der Waals surface area contributed by atoms with Crippen LogP contribution in [0, 0.1) is 31.1 Å². The Labute approximate surface area is 151 Å². The van der Waals surface area contributed by atoms with E-state index in [0.717, 1.165) is 36.5 Å². The van der Waals surface area contributed by atoms with Crippen LogP contribution in [-0.4, -0.2) is 35.1 Å². The molecule has 11 heteroatoms. The van der Waals surface area contributed by atoms with Crippen molar-refractivity contribution in [3.8, 4) is 0 Å². The summed E-state index contributed by atoms with van der Waals surface area (Å²) >= 11 is 0. The third-order valence-electron chi connectivity index (χ3n) is 4.39. The van der Waals surface area contributed by atoms with Crippen molar-refractivity contribution in [1.82, 2.24) is 0 Å². The van der Waals surface area contributed by atoms with Gasteiger partial charge in [-0.2, -0.15) is 0 Å². The van der Waals surface area contributed by atoms with Gasteiger partial charge in [0.2, 0.25) is 0 Å². The molecule has 2 rings (SSSR count). The molecule has 0 aromatic rings. The molecule has 0 saturated heterocycles. The van der Waals surface area contributed by atoms with Crippen LogP contribution in [0.15, 0.2) is 47.9 Å². The number of nitrogens with zero attached hydrogens (tertiary/aromatic N) is 2. The van der Waals surface area contributed by atoms with E-state index in [-0.39, 0.29) is 11.4 Å². The van der Waals surface area contributed by atoms with E-state index < -0.39 is 58.8 Å². The van der Waals surface area contributed by atoms with Crippen molar-refractivity contribution in [1.29, 1.82) is 0 Å². The quantitative estimate of drug-likeness (QED) is 0.297. The maximum atomic E-state index is 13.5. The number of esters is 2. The summed E-state index contributed by atoms with van der Waals surface area (Å²) in [4.78, 5) is 44.5. The van der Waals surface area contributed by atoms with Gasteiger partial charge in [-0.25, -0.2) is 8.78 Å². The van der Waals surface area contributed by atoms with Gasteiger partial charge >= 0.3 is 11.9 Å². The van der Waals surface area contributed by atoms with E-state index in [0.29, 0.717) is 0 Å². The fourth-order valence-corrected chi connectivity index (χ4v) is 2.50. The van der Waals surface area contributed by atoms with Crippen LogP contribution in [0.3, 0.4) is 0 Å². The van der Waals surface area contributed by atoms with Crippen LogP contribution >= 0.6 is 0 Å². The molecule has 0 N–H and O–H groups in total. The van der Waals surface area contributed by atoms with Crippen molar-refractivity contribution < 1.29 is 33.0 Å². The minimum atomic E-state index is -1.94. The molecule has 0 heterocycles. The van der Waals surface area contributed by atoms with E-state index in [1.807, 2.05) is 0 Å². The van der Waals surface area contributed by atoms with Crippen molar-refractivity contribution in [3.05, 3.63) is 68.1 Å². The maximum Gasteiger partial charge on any atom is 0.326 e. The highest BCUT2D eigenvalue weighted by Gasteiger charge is 2.46. The first-order valence-corrected chi connectivity index (χ1v) is 7.66. The smallest absolute Gasteiger partial charge is 0.326 e. The summed E-state index contributed by atoms with van der Waals surface area (Å²) in [5.74, 6) is -2.65. The summed E-state index contributed by atoms with van der Waals surface area (Å²) in [5, 5.41) is 21.4. The number of allylic oxidation sites excluding steroid dienone is 4. The van der Waals surface area contributed by atoms with Gasteiger partial charge in [-0.3, -0.25) is 29.8 Å². The Bertz CT molecular complexity index is 752. The number of ether oxygens (including phenoxy) is 1. The fourth-order valence-electron chi connectivity index (χ4n) is 2.50. The molecular weight excluding hydrogens is 370 g/mol. The Morgan fingerprint density at radius 2 is 1.30 bits per heavy atom. The van der Waals surface area contributed by atoms with Crippen molar-refractivity contribution in [3.63, 3.8) is 0 Å². The number of nitro groups is 2. The van der Waals surface area contributed by atoms with Crippen molar-refractivity contribution in [2.24, 2.45) is 10.8 Å². The molecule has 2 aliphatic carbocycles. The highest BCUT2D eigenvalue weighted by Crippen LogP contribution is 2.36. The molecule has 0 aromatic carbocycles. The van der Waals surface area contributed by atoms with E-state index in [2.05, 4.69) is 4.74 Å². The Balaban J connectivity index is 2.16. The number of halogens is 2. The molecule has 0 saturated carbocycles. The normalized spacial score (nSPS) is 26.7. The average molecular weight is 384 g/mol. The van der Waals surface area contributed by atoms with Gasteiger partial charge in [-0.15, -0.1) is 0 Å². The number of rotatable bonds is 6. The number of hydrogen-bond acceptors (Lipinski definition) is 7. The summed E-state index contributed by atoms with van der Waals surface area (Å²) in [5.41, 5.74) is -4.56. The molecular formula is C16H14F2N2O7. The zero-order chi connectivity index (χ0) is 20.2. The second kappa shape index (κ2) is 7.56. The second-order valence-electron chi connectivity index (χ2n) is 6.10. The average Bonchev–Trinajstić information content (AvgIpc) is 2.67. The minimum Gasteiger partial charge on any atom is -0.392 e. The zero-order valence-corrected chi connectivity index (χ0v) is 13.8. The van der Waals surface area contributed by atoms with Gasteiger partial charge in [0.15, 0.2) is 0 Å². The summed E-state index contributed by atoms with van der Waals surface area (Å²) in [6, 6.07) is 0. The van der Waals surface area contributed by atoms with Gasteiger partial charge in [-0.1, -0.05) is 12.2 Å². The Kier molecular flexibility index (Phi) is 5.62. The van der Waals surface area contributed by atoms with Crippen molar-refractivity contribution >= 4 is 11.9 Å². The van der Waals surface area contributed by atoms with E-state index in [4.69, 9.17) is 0 Å². The minimum absolute atomic E-state index is 0.342. The van der Waals surface area contributed by atoms with E-state index in [1.165, 1.54) is 0 Å². The van der Waals surface area contributed by atoms with E-state index >= 15 is 0 Å². The summed E-state index contributed by atoms with van der Waals surface area (Å²) < 4.78 is 31.6. The fraction of sp³-hybridized carbons (Fsp3) is 0.375. The van der Waals surface area contributed by atoms with Gasteiger partial charge < -0.3 is 4.74 Å². The number of carbonyl (C=O) groups excluding carboxylic acids is 2. The topological polar surface area (TPSA) is 130 Å². The van der Waals surface area contributed by atoms with Crippen LogP contribution in [0.5, 0.6) is 0 Å². The summed E-state index contributed by atoms with van der Waals surface area (Å²) in [6.45, 7) is -2.58. The van der Waals surface area contributed by atoms with Crippen molar-refractivity contribution in [2.75, 3.05) is 13.3 Å². The van der Waals surface area contributed by atoms with Gasteiger partial charge in [0.1, 0.15) is 24.2 Å². The van der Waals surface area contributed by atoms with Crippen LogP contribution in [0.25, 0.3) is 0 Å². The first-order chi connectivity index (χ1) is 12.7. The third-order valence-corrected chi connectivity index (χ3v) is 4.39. The predicted molar refractivity (Wildman–Crippen MR) is 85.6 cm³/mol. The van der Waals surface area contributed by atoms with E-state index in [1.54, 1.807) is 0 Å². The van der Waals surface area contributed by atoms with Gasteiger partial charge in [-0.05, 0) is 25.0 Å². The number of hydrogen-bond donors (Lipinski definition) is 0. The van der Waals surface area contributed by atoms with Crippen LogP contribution in [0.4, 0.5) is 8.78 Å². The maximum absolute atomic E-state index is 13.5. The lowest BCUT2D eigenvalue weighted by atomic mass is 9.81. The lowest BCUT2D eigenvalue weighted by molar-refractivity contribution is -0.419. The molecule has 0 amide bonds. The molecule has 9 nitrogen and oxygen atoms in total. The standard InChI is InChI=1S/C16H14F2N2O7/c17-9-15(5-1-11(2-6-15)19(23)24)13(21)27-14(22)16(10-18)7-3-12(4-8-16)20(25)26/h1-5,7H,6,8-10H2. The Hall–Kier alpha value is -3.24. The Morgan fingerprint density at radius 1 is 0.926 bits per heavy atom. The molecule has 2 atom stereocenters. The lowest BCUT2D eigenvalue weighted by Gasteiger charge is -2.29. The Morgan fingerprint density at radius 3 is 1.52 bits per heavy atom. The van der Waals surface area contributed by atoms with Gasteiger partial charge in [0.25, 0.3) is 11.4 Å². The predicted octanol–water partition coefficient (Wildman–Crippen LogP) is 2.21. The zero-order valence-electron chi connectivity index (χ0n) is 13.8. The molecule has 0 aromatic heterocycles. The molecule has 0 fully saturated rings. The molecule has 2 aliphatic rings. The van der Waals surface area contributed by atoms with E-state index in [9.17, 15) is 38.6 Å². The lowest BCUT2D eigenvalue weighted by Crippen LogP contribution is -2.41. The van der Waals surface area contributed by atoms with Crippen molar-refractivity contribution in [2.45, 2.75) is 12.8 Å². The van der Waals surface area contributed by atoms with Gasteiger partial charge in [0, 0.05) is 12.2 Å². The molecule has 0 radical (unpaired) electrons. The number of carbonyl (C=O) groups is 2. The molecule has 144 valence electrons. The molecule has 0 aliphatic heterocycles. The van der Waals surface area contributed by atoms with Crippen LogP contribution in [0.1, 0.15) is 12.8 Å². The second-order valence-corrected chi connectivity index (χ2v) is 6.10. The molecule has 0 spiro atoms. The first-order valence-electron chi connectivity index (χ1n) is 7.66. The molecule has 0 bridgehead atoms. The monoisotopic (exact) mass is 384 g/mol. The van der Waals surface area contributed by atoms with Crippen LogP contribution < -0.4 is 0 Å². The first kappa shape index (κ1) is 20.1. The van der Waals surface area contributed by atoms with Gasteiger partial charge in [0.05, 0.1) is 9.85 Å².